The average molecular weight is 359 g/mol. The Labute approximate surface area is 158 Å². The zero-order chi connectivity index (χ0) is 18.9. The van der Waals surface area contributed by atoms with E-state index in [0.29, 0.717) is 18.3 Å². The first kappa shape index (κ1) is 20.3. The van der Waals surface area contributed by atoms with Gasteiger partial charge in [0.25, 0.3) is 0 Å². The van der Waals surface area contributed by atoms with E-state index in [1.54, 1.807) is 0 Å². The van der Waals surface area contributed by atoms with Crippen LogP contribution in [0.1, 0.15) is 56.6 Å². The fraction of sp³-hybridized carbons (Fsp3) is 0.619. The molecule has 0 saturated carbocycles. The van der Waals surface area contributed by atoms with E-state index in [1.807, 2.05) is 7.05 Å². The first-order chi connectivity index (χ1) is 12.5. The number of carbonyl (C=O) groups is 1. The molecule has 144 valence electrons. The van der Waals surface area contributed by atoms with Crippen LogP contribution in [0.5, 0.6) is 0 Å². The molecule has 1 aromatic carbocycles. The maximum Gasteiger partial charge on any atom is 0.217 e. The molecule has 0 aliphatic carbocycles. The van der Waals surface area contributed by atoms with Gasteiger partial charge in [0.05, 0.1) is 0 Å². The van der Waals surface area contributed by atoms with E-state index in [1.165, 1.54) is 11.1 Å². The van der Waals surface area contributed by atoms with Crippen LogP contribution in [0.3, 0.4) is 0 Å². The van der Waals surface area contributed by atoms with Gasteiger partial charge in [-0.15, -0.1) is 0 Å². The van der Waals surface area contributed by atoms with Gasteiger partial charge in [0.2, 0.25) is 5.91 Å². The van der Waals surface area contributed by atoms with Crippen molar-refractivity contribution in [2.75, 3.05) is 26.7 Å². The normalized spacial score (nSPS) is 18.2. The summed E-state index contributed by atoms with van der Waals surface area (Å²) in [5, 5.41) is 3.47. The molecule has 0 radical (unpaired) electrons. The van der Waals surface area contributed by atoms with Gasteiger partial charge in [-0.1, -0.05) is 38.1 Å². The second-order valence-electron chi connectivity index (χ2n) is 7.60. The van der Waals surface area contributed by atoms with Crippen LogP contribution < -0.4 is 11.1 Å². The molecule has 1 fully saturated rings. The van der Waals surface area contributed by atoms with Gasteiger partial charge in [-0.25, -0.2) is 0 Å². The average Bonchev–Trinajstić information content (AvgIpc) is 2.62. The highest BCUT2D eigenvalue weighted by molar-refractivity contribution is 5.80. The summed E-state index contributed by atoms with van der Waals surface area (Å²) in [7, 11) is 1.82. The van der Waals surface area contributed by atoms with Crippen molar-refractivity contribution in [3.8, 4) is 0 Å². The molecule has 3 N–H and O–H groups in total. The predicted molar refractivity (Wildman–Crippen MR) is 108 cm³/mol. The lowest BCUT2D eigenvalue weighted by molar-refractivity contribution is -0.119. The molecule has 5 heteroatoms. The van der Waals surface area contributed by atoms with E-state index in [0.717, 1.165) is 51.3 Å². The Morgan fingerprint density at radius 1 is 1.35 bits per heavy atom. The van der Waals surface area contributed by atoms with E-state index in [4.69, 9.17) is 5.73 Å². The summed E-state index contributed by atoms with van der Waals surface area (Å²) in [6.45, 7) is 7.19. The van der Waals surface area contributed by atoms with Crippen molar-refractivity contribution in [1.82, 2.24) is 10.2 Å². The summed E-state index contributed by atoms with van der Waals surface area (Å²) in [5.41, 5.74) is 8.13. The Morgan fingerprint density at radius 2 is 2.08 bits per heavy atom. The van der Waals surface area contributed by atoms with Crippen LogP contribution in [0.15, 0.2) is 29.3 Å². The Hall–Kier alpha value is -2.04. The lowest BCUT2D eigenvalue weighted by Crippen LogP contribution is -2.47. The summed E-state index contributed by atoms with van der Waals surface area (Å²) >= 11 is 0. The smallest absolute Gasteiger partial charge is 0.217 e. The Morgan fingerprint density at radius 3 is 2.69 bits per heavy atom. The SMILES string of the molecule is CN=C(NCCCc1ccc(C(C)C)cc1)N1CCCC(CC(N)=O)C1. The molecule has 0 spiro atoms. The molecule has 1 amide bonds. The third kappa shape index (κ3) is 6.36. The highest BCUT2D eigenvalue weighted by Crippen LogP contribution is 2.19. The molecule has 5 nitrogen and oxygen atoms in total. The highest BCUT2D eigenvalue weighted by Gasteiger charge is 2.23. The van der Waals surface area contributed by atoms with E-state index in [-0.39, 0.29) is 5.91 Å². The zero-order valence-corrected chi connectivity index (χ0v) is 16.5. The number of nitrogens with zero attached hydrogens (tertiary/aromatic N) is 2. The summed E-state index contributed by atoms with van der Waals surface area (Å²) in [6, 6.07) is 8.95. The van der Waals surface area contributed by atoms with E-state index in [9.17, 15) is 4.79 Å². The third-order valence-corrected chi connectivity index (χ3v) is 5.09. The fourth-order valence-electron chi connectivity index (χ4n) is 3.60. The minimum Gasteiger partial charge on any atom is -0.370 e. The largest absolute Gasteiger partial charge is 0.370 e. The number of benzene rings is 1. The van der Waals surface area contributed by atoms with Crippen LogP contribution in [0.4, 0.5) is 0 Å². The molecular weight excluding hydrogens is 324 g/mol. The van der Waals surface area contributed by atoms with Crippen molar-refractivity contribution in [3.05, 3.63) is 35.4 Å². The van der Waals surface area contributed by atoms with E-state index >= 15 is 0 Å². The number of nitrogens with two attached hydrogens (primary N) is 1. The maximum absolute atomic E-state index is 11.2. The van der Waals surface area contributed by atoms with Crippen LogP contribution in [-0.4, -0.2) is 43.4 Å². The molecule has 1 aliphatic rings. The first-order valence-electron chi connectivity index (χ1n) is 9.82. The Kier molecular flexibility index (Phi) is 7.95. The summed E-state index contributed by atoms with van der Waals surface area (Å²) < 4.78 is 0. The lowest BCUT2D eigenvalue weighted by atomic mass is 9.95. The van der Waals surface area contributed by atoms with E-state index < -0.39 is 0 Å². The molecule has 1 aromatic rings. The van der Waals surface area contributed by atoms with Crippen molar-refractivity contribution in [2.45, 2.75) is 51.9 Å². The number of rotatable bonds is 7. The van der Waals surface area contributed by atoms with Crippen LogP contribution in [0.25, 0.3) is 0 Å². The lowest BCUT2D eigenvalue weighted by Gasteiger charge is -2.34. The molecule has 0 aromatic heterocycles. The van der Waals surface area contributed by atoms with Gasteiger partial charge in [0.15, 0.2) is 5.96 Å². The van der Waals surface area contributed by atoms with Gasteiger partial charge in [0.1, 0.15) is 0 Å². The van der Waals surface area contributed by atoms with Crippen molar-refractivity contribution >= 4 is 11.9 Å². The number of amides is 1. The number of likely N-dealkylation sites (tertiary alicyclic amines) is 1. The fourth-order valence-corrected chi connectivity index (χ4v) is 3.60. The van der Waals surface area contributed by atoms with Gasteiger partial charge in [-0.2, -0.15) is 0 Å². The number of carbonyl (C=O) groups excluding carboxylic acids is 1. The van der Waals surface area contributed by atoms with Crippen LogP contribution >= 0.6 is 0 Å². The van der Waals surface area contributed by atoms with Gasteiger partial charge >= 0.3 is 0 Å². The number of piperidine rings is 1. The quantitative estimate of drug-likeness (QED) is 0.447. The molecule has 1 atom stereocenters. The molecule has 1 heterocycles. The number of aryl methyl sites for hydroxylation is 1. The molecule has 1 aliphatic heterocycles. The number of hydrogen-bond donors (Lipinski definition) is 2. The molecule has 2 rings (SSSR count). The molecule has 0 bridgehead atoms. The minimum absolute atomic E-state index is 0.205. The molecule has 1 unspecified atom stereocenters. The Bertz CT molecular complexity index is 595. The zero-order valence-electron chi connectivity index (χ0n) is 16.5. The van der Waals surface area contributed by atoms with Crippen molar-refractivity contribution in [1.29, 1.82) is 0 Å². The molecular formula is C21H34N4O. The predicted octanol–water partition coefficient (Wildman–Crippen LogP) is 2.91. The standard InChI is InChI=1S/C21H34N4O/c1-16(2)19-10-8-17(9-11-19)6-4-12-24-21(23-3)25-13-5-7-18(15-25)14-20(22)26/h8-11,16,18H,4-7,12-15H2,1-3H3,(H2,22,26)(H,23,24). The summed E-state index contributed by atoms with van der Waals surface area (Å²) in [4.78, 5) is 17.8. The van der Waals surface area contributed by atoms with Gasteiger partial charge < -0.3 is 16.0 Å². The van der Waals surface area contributed by atoms with Crippen LogP contribution in [0.2, 0.25) is 0 Å². The van der Waals surface area contributed by atoms with Crippen molar-refractivity contribution in [3.63, 3.8) is 0 Å². The van der Waals surface area contributed by atoms with Gasteiger partial charge in [-0.05, 0) is 48.6 Å². The highest BCUT2D eigenvalue weighted by atomic mass is 16.1. The summed E-state index contributed by atoms with van der Waals surface area (Å²) in [6.07, 6.45) is 4.76. The van der Waals surface area contributed by atoms with E-state index in [2.05, 4.69) is 53.3 Å². The topological polar surface area (TPSA) is 70.7 Å². The van der Waals surface area contributed by atoms with Gasteiger partial charge in [-0.3, -0.25) is 9.79 Å². The summed E-state index contributed by atoms with van der Waals surface area (Å²) in [5.74, 6) is 1.66. The third-order valence-electron chi connectivity index (χ3n) is 5.09. The maximum atomic E-state index is 11.2. The van der Waals surface area contributed by atoms with Crippen LogP contribution in [-0.2, 0) is 11.2 Å². The molecule has 1 saturated heterocycles. The van der Waals surface area contributed by atoms with Crippen molar-refractivity contribution < 1.29 is 4.79 Å². The number of guanidine groups is 1. The molecule has 26 heavy (non-hydrogen) atoms. The Balaban J connectivity index is 1.75. The minimum atomic E-state index is -0.205. The number of hydrogen-bond acceptors (Lipinski definition) is 2. The van der Waals surface area contributed by atoms with Crippen LogP contribution in [0, 0.1) is 5.92 Å². The second kappa shape index (κ2) is 10.2. The number of aliphatic imine (C=N–C) groups is 1. The second-order valence-corrected chi connectivity index (χ2v) is 7.60. The number of nitrogens with one attached hydrogen (secondary N) is 1. The van der Waals surface area contributed by atoms with Gasteiger partial charge in [0, 0.05) is 33.1 Å². The monoisotopic (exact) mass is 358 g/mol. The number of primary amides is 1. The van der Waals surface area contributed by atoms with Crippen molar-refractivity contribution in [2.24, 2.45) is 16.6 Å². The first-order valence-corrected chi connectivity index (χ1v) is 9.82.